The summed E-state index contributed by atoms with van der Waals surface area (Å²) in [7, 11) is 0. The second-order valence-electron chi connectivity index (χ2n) is 6.87. The standard InChI is InChI=1S/C25H19N3O2/c26-14-19-5-1-2-6-22(19)23-13-20(24-7-3-4-12-27-24)15-28(25(23)17-30)21-10-8-18(16-29)9-11-21/h1-13,15,17,25,29H,16H2. The molecule has 0 bridgehead atoms. The summed E-state index contributed by atoms with van der Waals surface area (Å²) in [6.45, 7) is -0.0485. The molecule has 146 valence electrons. The highest BCUT2D eigenvalue weighted by molar-refractivity contribution is 5.99. The second-order valence-corrected chi connectivity index (χ2v) is 6.87. The smallest absolute Gasteiger partial charge is 0.147 e. The van der Waals surface area contributed by atoms with Crippen LogP contribution in [0.1, 0.15) is 22.4 Å². The second kappa shape index (κ2) is 8.56. The van der Waals surface area contributed by atoms with Gasteiger partial charge < -0.3 is 14.8 Å². The first-order valence-corrected chi connectivity index (χ1v) is 9.53. The lowest BCUT2D eigenvalue weighted by atomic mass is 9.89. The van der Waals surface area contributed by atoms with Crippen LogP contribution in [-0.4, -0.2) is 22.4 Å². The molecule has 3 aromatic rings. The van der Waals surface area contributed by atoms with Crippen molar-refractivity contribution in [3.8, 4) is 6.07 Å². The van der Waals surface area contributed by atoms with Gasteiger partial charge in [0.25, 0.3) is 0 Å². The Hall–Kier alpha value is -4.01. The first-order valence-electron chi connectivity index (χ1n) is 9.53. The first-order chi connectivity index (χ1) is 14.7. The number of rotatable bonds is 5. The van der Waals surface area contributed by atoms with Gasteiger partial charge in [-0.25, -0.2) is 0 Å². The van der Waals surface area contributed by atoms with Crippen LogP contribution in [0.3, 0.4) is 0 Å². The van der Waals surface area contributed by atoms with Crippen LogP contribution in [0, 0.1) is 11.3 Å². The summed E-state index contributed by atoms with van der Waals surface area (Å²) in [6.07, 6.45) is 6.43. The van der Waals surface area contributed by atoms with Gasteiger partial charge in [-0.2, -0.15) is 5.26 Å². The van der Waals surface area contributed by atoms with Gasteiger partial charge in [0, 0.05) is 23.7 Å². The number of nitriles is 1. The molecule has 4 rings (SSSR count). The van der Waals surface area contributed by atoms with E-state index in [9.17, 15) is 15.2 Å². The number of hydrogen-bond donors (Lipinski definition) is 1. The summed E-state index contributed by atoms with van der Waals surface area (Å²) < 4.78 is 0. The molecule has 1 N–H and O–H groups in total. The van der Waals surface area contributed by atoms with Gasteiger partial charge >= 0.3 is 0 Å². The fourth-order valence-corrected chi connectivity index (χ4v) is 3.56. The van der Waals surface area contributed by atoms with E-state index in [1.54, 1.807) is 12.3 Å². The Kier molecular flexibility index (Phi) is 5.51. The highest BCUT2D eigenvalue weighted by atomic mass is 16.3. The minimum Gasteiger partial charge on any atom is -0.392 e. The van der Waals surface area contributed by atoms with Crippen molar-refractivity contribution in [1.82, 2.24) is 4.98 Å². The molecular formula is C25H19N3O2. The van der Waals surface area contributed by atoms with Crippen LogP contribution >= 0.6 is 0 Å². The van der Waals surface area contributed by atoms with Gasteiger partial charge in [0.2, 0.25) is 0 Å². The number of hydrogen-bond acceptors (Lipinski definition) is 5. The zero-order chi connectivity index (χ0) is 20.9. The third kappa shape index (κ3) is 3.64. The number of allylic oxidation sites excluding steroid dienone is 2. The third-order valence-corrected chi connectivity index (χ3v) is 5.07. The van der Waals surface area contributed by atoms with Crippen LogP contribution < -0.4 is 4.90 Å². The molecule has 0 radical (unpaired) electrons. The van der Waals surface area contributed by atoms with Crippen LogP contribution in [-0.2, 0) is 11.4 Å². The zero-order valence-electron chi connectivity index (χ0n) is 16.1. The van der Waals surface area contributed by atoms with Crippen molar-refractivity contribution in [3.63, 3.8) is 0 Å². The average molecular weight is 393 g/mol. The van der Waals surface area contributed by atoms with Crippen molar-refractivity contribution in [2.45, 2.75) is 12.6 Å². The molecule has 0 amide bonds. The molecule has 0 saturated carbocycles. The van der Waals surface area contributed by atoms with Crippen LogP contribution in [0.15, 0.2) is 85.2 Å². The van der Waals surface area contributed by atoms with E-state index in [0.717, 1.165) is 39.9 Å². The van der Waals surface area contributed by atoms with Crippen LogP contribution in [0.4, 0.5) is 5.69 Å². The number of anilines is 1. The lowest BCUT2D eigenvalue weighted by molar-refractivity contribution is -0.107. The molecule has 2 aromatic carbocycles. The predicted octanol–water partition coefficient (Wildman–Crippen LogP) is 3.96. The average Bonchev–Trinajstić information content (AvgIpc) is 2.83. The maximum atomic E-state index is 12.2. The fourth-order valence-electron chi connectivity index (χ4n) is 3.56. The number of aliphatic hydroxyl groups is 1. The molecule has 0 fully saturated rings. The Balaban J connectivity index is 1.90. The van der Waals surface area contributed by atoms with Gasteiger partial charge in [-0.1, -0.05) is 36.4 Å². The minimum atomic E-state index is -0.605. The Morgan fingerprint density at radius 3 is 2.50 bits per heavy atom. The molecule has 5 heteroatoms. The van der Waals surface area contributed by atoms with Crippen molar-refractivity contribution in [2.24, 2.45) is 0 Å². The van der Waals surface area contributed by atoms with E-state index in [4.69, 9.17) is 0 Å². The highest BCUT2D eigenvalue weighted by Gasteiger charge is 2.28. The summed E-state index contributed by atoms with van der Waals surface area (Å²) in [5.74, 6) is 0. The first kappa shape index (κ1) is 19.3. The molecule has 2 heterocycles. The molecule has 0 saturated heterocycles. The third-order valence-electron chi connectivity index (χ3n) is 5.07. The molecule has 0 aliphatic carbocycles. The summed E-state index contributed by atoms with van der Waals surface area (Å²) >= 11 is 0. The quantitative estimate of drug-likeness (QED) is 0.664. The minimum absolute atomic E-state index is 0.0485. The number of aromatic nitrogens is 1. The van der Waals surface area contributed by atoms with E-state index in [0.29, 0.717) is 5.56 Å². The van der Waals surface area contributed by atoms with Crippen LogP contribution in [0.25, 0.3) is 11.1 Å². The van der Waals surface area contributed by atoms with Gasteiger partial charge in [0.15, 0.2) is 0 Å². The number of carbonyl (C=O) groups is 1. The van der Waals surface area contributed by atoms with Crippen LogP contribution in [0.2, 0.25) is 0 Å². The van der Waals surface area contributed by atoms with E-state index in [2.05, 4.69) is 11.1 Å². The molecule has 30 heavy (non-hydrogen) atoms. The normalized spacial score (nSPS) is 15.7. The van der Waals surface area contributed by atoms with Gasteiger partial charge in [-0.3, -0.25) is 4.98 Å². The number of carbonyl (C=O) groups excluding carboxylic acids is 1. The van der Waals surface area contributed by atoms with Crippen molar-refractivity contribution in [3.05, 3.63) is 108 Å². The van der Waals surface area contributed by atoms with Gasteiger partial charge in [0.05, 0.1) is 23.9 Å². The maximum absolute atomic E-state index is 12.2. The number of nitrogens with zero attached hydrogens (tertiary/aromatic N) is 3. The fraction of sp³-hybridized carbons (Fsp3) is 0.0800. The Labute approximate surface area is 174 Å². The topological polar surface area (TPSA) is 77.2 Å². The zero-order valence-corrected chi connectivity index (χ0v) is 16.1. The summed E-state index contributed by atoms with van der Waals surface area (Å²) in [5, 5.41) is 18.9. The van der Waals surface area contributed by atoms with Crippen molar-refractivity contribution in [2.75, 3.05) is 4.90 Å². The largest absolute Gasteiger partial charge is 0.392 e. The predicted molar refractivity (Wildman–Crippen MR) is 116 cm³/mol. The van der Waals surface area contributed by atoms with E-state index >= 15 is 0 Å². The summed E-state index contributed by atoms with van der Waals surface area (Å²) in [6, 6.07) is 21.9. The Morgan fingerprint density at radius 2 is 1.83 bits per heavy atom. The molecule has 1 aliphatic heterocycles. The van der Waals surface area contributed by atoms with Gasteiger partial charge in [-0.05, 0) is 53.1 Å². The number of benzene rings is 2. The van der Waals surface area contributed by atoms with E-state index in [1.807, 2.05) is 77.8 Å². The van der Waals surface area contributed by atoms with E-state index < -0.39 is 6.04 Å². The van der Waals surface area contributed by atoms with E-state index in [-0.39, 0.29) is 6.61 Å². The molecule has 1 aromatic heterocycles. The molecule has 5 nitrogen and oxygen atoms in total. The maximum Gasteiger partial charge on any atom is 0.147 e. The van der Waals surface area contributed by atoms with Crippen molar-refractivity contribution in [1.29, 1.82) is 5.26 Å². The van der Waals surface area contributed by atoms with Gasteiger partial charge in [0.1, 0.15) is 12.3 Å². The van der Waals surface area contributed by atoms with E-state index in [1.165, 1.54) is 0 Å². The highest BCUT2D eigenvalue weighted by Crippen LogP contribution is 2.35. The number of pyridine rings is 1. The number of aliphatic hydroxyl groups excluding tert-OH is 1. The van der Waals surface area contributed by atoms with Crippen molar-refractivity contribution < 1.29 is 9.90 Å². The molecule has 1 aliphatic rings. The summed E-state index contributed by atoms with van der Waals surface area (Å²) in [4.78, 5) is 18.6. The molecular weight excluding hydrogens is 374 g/mol. The lowest BCUT2D eigenvalue weighted by Gasteiger charge is -2.33. The molecule has 1 unspecified atom stereocenters. The Bertz CT molecular complexity index is 1160. The SMILES string of the molecule is N#Cc1ccccc1C1=CC(c2ccccn2)=CN(c2ccc(CO)cc2)C1C=O. The summed E-state index contributed by atoms with van der Waals surface area (Å²) in [5.41, 5.74) is 5.16. The monoisotopic (exact) mass is 393 g/mol. The number of aldehydes is 1. The Morgan fingerprint density at radius 1 is 1.07 bits per heavy atom. The van der Waals surface area contributed by atoms with Crippen molar-refractivity contribution >= 4 is 23.1 Å². The van der Waals surface area contributed by atoms with Gasteiger partial charge in [-0.15, -0.1) is 0 Å². The molecule has 0 spiro atoms. The lowest BCUT2D eigenvalue weighted by Crippen LogP contribution is -2.36. The van der Waals surface area contributed by atoms with Crippen LogP contribution in [0.5, 0.6) is 0 Å². The molecule has 1 atom stereocenters.